The average molecular weight is 450 g/mol. The van der Waals surface area contributed by atoms with Crippen molar-refractivity contribution in [3.8, 4) is 5.75 Å². The molecule has 0 spiro atoms. The number of fused-ring (bicyclic) bond motifs is 2. The van der Waals surface area contributed by atoms with Gasteiger partial charge in [-0.1, -0.05) is 12.1 Å². The summed E-state index contributed by atoms with van der Waals surface area (Å²) in [6.07, 6.45) is -4.53. The Hall–Kier alpha value is -2.85. The minimum atomic E-state index is -4.58. The van der Waals surface area contributed by atoms with Crippen LogP contribution in [0.25, 0.3) is 11.0 Å². The molecule has 3 atom stereocenters. The summed E-state index contributed by atoms with van der Waals surface area (Å²) in [4.78, 5) is 8.38. The summed E-state index contributed by atoms with van der Waals surface area (Å²) in [6, 6.07) is 8.79. The van der Waals surface area contributed by atoms with Crippen molar-refractivity contribution in [1.82, 2.24) is 14.9 Å². The molecule has 3 unspecified atom stereocenters. The van der Waals surface area contributed by atoms with E-state index in [1.165, 1.54) is 12.1 Å². The van der Waals surface area contributed by atoms with Crippen LogP contribution in [0.1, 0.15) is 24.4 Å². The molecule has 170 valence electrons. The lowest BCUT2D eigenvalue weighted by Crippen LogP contribution is -2.54. The topological polar surface area (TPSA) is 62.4 Å². The van der Waals surface area contributed by atoms with Crippen LogP contribution in [-0.4, -0.2) is 53.3 Å². The number of rotatable bonds is 3. The van der Waals surface area contributed by atoms with Gasteiger partial charge >= 0.3 is 6.18 Å². The number of hydrogen-bond donors (Lipinski definition) is 2. The normalized spacial score (nSPS) is 24.2. The van der Waals surface area contributed by atoms with Crippen LogP contribution in [-0.2, 0) is 10.9 Å². The summed E-state index contributed by atoms with van der Waals surface area (Å²) in [5.74, 6) is -1.04. The third-order valence-electron chi connectivity index (χ3n) is 5.94. The summed E-state index contributed by atoms with van der Waals surface area (Å²) in [5.41, 5.74) is 1.68. The number of ether oxygens (including phenoxy) is 2. The molecule has 2 aliphatic heterocycles. The van der Waals surface area contributed by atoms with Gasteiger partial charge in [0.2, 0.25) is 5.82 Å². The molecule has 1 fully saturated rings. The molecule has 2 aliphatic rings. The number of hydrogen-bond acceptors (Lipinski definition) is 5. The number of H-pyrrole nitrogens is 1. The molecule has 0 amide bonds. The lowest BCUT2D eigenvalue weighted by atomic mass is 9.94. The highest BCUT2D eigenvalue weighted by Gasteiger charge is 2.38. The van der Waals surface area contributed by atoms with Gasteiger partial charge in [-0.25, -0.2) is 9.37 Å². The van der Waals surface area contributed by atoms with Crippen molar-refractivity contribution < 1.29 is 27.0 Å². The van der Waals surface area contributed by atoms with E-state index in [0.717, 1.165) is 5.56 Å². The summed E-state index contributed by atoms with van der Waals surface area (Å²) in [5, 5.41) is 3.39. The van der Waals surface area contributed by atoms with E-state index in [1.807, 2.05) is 6.92 Å². The van der Waals surface area contributed by atoms with Gasteiger partial charge in [-0.05, 0) is 25.1 Å². The molecule has 5 rings (SSSR count). The molecule has 0 aliphatic carbocycles. The molecule has 10 heteroatoms. The zero-order chi connectivity index (χ0) is 22.5. The highest BCUT2D eigenvalue weighted by molar-refractivity contribution is 5.88. The fourth-order valence-electron chi connectivity index (χ4n) is 4.46. The number of benzene rings is 2. The Morgan fingerprint density at radius 1 is 1.22 bits per heavy atom. The number of nitrogens with one attached hydrogen (secondary N) is 2. The molecule has 3 aromatic rings. The SMILES string of the molecule is CC1CN(C2COc3cc(F)ccc3C2Nc2cccc3[nH]c(C(F)(F)F)nc23)CCO1. The molecule has 0 saturated carbocycles. The maximum atomic E-state index is 13.8. The first kappa shape index (κ1) is 21.0. The maximum absolute atomic E-state index is 13.8. The van der Waals surface area contributed by atoms with E-state index < -0.39 is 17.8 Å². The first-order chi connectivity index (χ1) is 15.3. The fourth-order valence-corrected chi connectivity index (χ4v) is 4.46. The summed E-state index contributed by atoms with van der Waals surface area (Å²) in [7, 11) is 0. The summed E-state index contributed by atoms with van der Waals surface area (Å²) < 4.78 is 65.0. The van der Waals surface area contributed by atoms with Gasteiger partial charge < -0.3 is 19.8 Å². The minimum absolute atomic E-state index is 0.0446. The van der Waals surface area contributed by atoms with E-state index in [2.05, 4.69) is 20.2 Å². The van der Waals surface area contributed by atoms with E-state index in [-0.39, 0.29) is 29.2 Å². The third kappa shape index (κ3) is 3.88. The van der Waals surface area contributed by atoms with E-state index in [4.69, 9.17) is 9.47 Å². The van der Waals surface area contributed by atoms with Crippen LogP contribution in [0.2, 0.25) is 0 Å². The molecule has 32 heavy (non-hydrogen) atoms. The first-order valence-corrected chi connectivity index (χ1v) is 10.4. The van der Waals surface area contributed by atoms with Gasteiger partial charge in [-0.15, -0.1) is 0 Å². The van der Waals surface area contributed by atoms with Crippen LogP contribution in [0.4, 0.5) is 23.2 Å². The second kappa shape index (κ2) is 7.93. The highest BCUT2D eigenvalue weighted by atomic mass is 19.4. The number of para-hydroxylation sites is 1. The molecular formula is C22H22F4N4O2. The average Bonchev–Trinajstić information content (AvgIpc) is 3.20. The smallest absolute Gasteiger partial charge is 0.449 e. The van der Waals surface area contributed by atoms with Crippen molar-refractivity contribution >= 4 is 16.7 Å². The Labute approximate surface area is 181 Å². The van der Waals surface area contributed by atoms with Gasteiger partial charge in [0.25, 0.3) is 0 Å². The zero-order valence-corrected chi connectivity index (χ0v) is 17.2. The molecule has 0 radical (unpaired) electrons. The number of halogens is 4. The molecule has 1 aromatic heterocycles. The van der Waals surface area contributed by atoms with Crippen molar-refractivity contribution in [3.63, 3.8) is 0 Å². The van der Waals surface area contributed by atoms with Gasteiger partial charge in [-0.2, -0.15) is 13.2 Å². The second-order valence-corrected chi connectivity index (χ2v) is 8.14. The number of imidazole rings is 1. The Kier molecular flexibility index (Phi) is 5.21. The number of aromatic nitrogens is 2. The summed E-state index contributed by atoms with van der Waals surface area (Å²) >= 11 is 0. The largest absolute Gasteiger partial charge is 0.491 e. The molecule has 2 aromatic carbocycles. The maximum Gasteiger partial charge on any atom is 0.449 e. The van der Waals surface area contributed by atoms with Gasteiger partial charge in [0, 0.05) is 24.7 Å². The van der Waals surface area contributed by atoms with E-state index in [9.17, 15) is 17.6 Å². The summed E-state index contributed by atoms with van der Waals surface area (Å²) in [6.45, 7) is 4.26. The Bertz CT molecular complexity index is 1130. The van der Waals surface area contributed by atoms with Crippen LogP contribution in [0.5, 0.6) is 5.75 Å². The number of alkyl halides is 3. The Morgan fingerprint density at radius 3 is 2.84 bits per heavy atom. The van der Waals surface area contributed by atoms with Crippen molar-refractivity contribution in [2.45, 2.75) is 31.3 Å². The van der Waals surface area contributed by atoms with Crippen LogP contribution in [0.3, 0.4) is 0 Å². The third-order valence-corrected chi connectivity index (χ3v) is 5.94. The molecule has 0 bridgehead atoms. The first-order valence-electron chi connectivity index (χ1n) is 10.4. The van der Waals surface area contributed by atoms with Crippen LogP contribution in [0, 0.1) is 5.82 Å². The molecule has 3 heterocycles. The predicted octanol–water partition coefficient (Wildman–Crippen LogP) is 4.36. The van der Waals surface area contributed by atoms with Crippen molar-refractivity contribution in [2.75, 3.05) is 31.6 Å². The van der Waals surface area contributed by atoms with Crippen molar-refractivity contribution in [2.24, 2.45) is 0 Å². The van der Waals surface area contributed by atoms with Crippen LogP contribution < -0.4 is 10.1 Å². The quantitative estimate of drug-likeness (QED) is 0.581. The van der Waals surface area contributed by atoms with Gasteiger partial charge in [0.05, 0.1) is 36.0 Å². The molecular weight excluding hydrogens is 428 g/mol. The molecule has 1 saturated heterocycles. The molecule has 2 N–H and O–H groups in total. The highest BCUT2D eigenvalue weighted by Crippen LogP contribution is 2.39. The standard InChI is InChI=1S/C22H22F4N4O2/c1-12-10-30(7-8-31-12)17-11-32-18-9-13(23)5-6-14(18)19(17)27-15-3-2-4-16-20(15)29-21(28-16)22(24,25)26/h2-6,9,12,17,19,27H,7-8,10-11H2,1H3,(H,28,29). The van der Waals surface area contributed by atoms with E-state index in [1.54, 1.807) is 24.3 Å². The minimum Gasteiger partial charge on any atom is -0.491 e. The second-order valence-electron chi connectivity index (χ2n) is 8.14. The Morgan fingerprint density at radius 2 is 2.06 bits per heavy atom. The number of aromatic amines is 1. The van der Waals surface area contributed by atoms with Gasteiger partial charge in [-0.3, -0.25) is 4.90 Å². The van der Waals surface area contributed by atoms with Crippen molar-refractivity contribution in [3.05, 3.63) is 53.6 Å². The molecule has 6 nitrogen and oxygen atoms in total. The van der Waals surface area contributed by atoms with Crippen LogP contribution in [0.15, 0.2) is 36.4 Å². The van der Waals surface area contributed by atoms with Crippen molar-refractivity contribution in [1.29, 1.82) is 0 Å². The number of anilines is 1. The Balaban J connectivity index is 1.55. The fraction of sp³-hybridized carbons (Fsp3) is 0.409. The number of nitrogens with zero attached hydrogens (tertiary/aromatic N) is 2. The van der Waals surface area contributed by atoms with E-state index in [0.29, 0.717) is 37.7 Å². The monoisotopic (exact) mass is 450 g/mol. The van der Waals surface area contributed by atoms with Crippen LogP contribution >= 0.6 is 0 Å². The predicted molar refractivity (Wildman–Crippen MR) is 110 cm³/mol. The lowest BCUT2D eigenvalue weighted by molar-refractivity contribution is -0.144. The van der Waals surface area contributed by atoms with Gasteiger partial charge in [0.15, 0.2) is 0 Å². The lowest BCUT2D eigenvalue weighted by Gasteiger charge is -2.44. The zero-order valence-electron chi connectivity index (χ0n) is 17.2. The van der Waals surface area contributed by atoms with E-state index >= 15 is 0 Å². The number of morpholine rings is 1. The van der Waals surface area contributed by atoms with Gasteiger partial charge in [0.1, 0.15) is 23.7 Å².